The fourth-order valence-corrected chi connectivity index (χ4v) is 1.48. The van der Waals surface area contributed by atoms with Crippen LogP contribution in [-0.2, 0) is 0 Å². The van der Waals surface area contributed by atoms with E-state index in [1.807, 2.05) is 0 Å². The third kappa shape index (κ3) is 2.86. The predicted molar refractivity (Wildman–Crippen MR) is 68.1 cm³/mol. The van der Waals surface area contributed by atoms with Gasteiger partial charge >= 0.3 is 11.9 Å². The Hall–Kier alpha value is -3.02. The second kappa shape index (κ2) is 5.31. The number of carboxylic acids is 1. The number of aromatic carboxylic acids is 1. The Bertz CT molecular complexity index is 660. The van der Waals surface area contributed by atoms with Gasteiger partial charge in [0.2, 0.25) is 0 Å². The van der Waals surface area contributed by atoms with Crippen LogP contribution in [0, 0.1) is 0 Å². The zero-order valence-corrected chi connectivity index (χ0v) is 10.1. The summed E-state index contributed by atoms with van der Waals surface area (Å²) in [5.74, 6) is -2.41. The number of carbonyl (C=O) groups excluding carboxylic acids is 1. The van der Waals surface area contributed by atoms with E-state index in [-0.39, 0.29) is 22.6 Å². The number of rotatable bonds is 3. The number of carbonyl (C=O) groups is 2. The van der Waals surface area contributed by atoms with Gasteiger partial charge in [-0.1, -0.05) is 0 Å². The first-order valence-corrected chi connectivity index (χ1v) is 5.55. The van der Waals surface area contributed by atoms with E-state index >= 15 is 0 Å². The molecule has 102 valence electrons. The molecule has 6 heteroatoms. The lowest BCUT2D eigenvalue weighted by Crippen LogP contribution is -2.08. The average Bonchev–Trinajstić information content (AvgIpc) is 2.42. The maximum atomic E-state index is 11.8. The van der Waals surface area contributed by atoms with Crippen LogP contribution in [0.25, 0.3) is 0 Å². The van der Waals surface area contributed by atoms with Gasteiger partial charge in [-0.2, -0.15) is 0 Å². The summed E-state index contributed by atoms with van der Waals surface area (Å²) < 4.78 is 5.01. The smallest absolute Gasteiger partial charge is 0.343 e. The van der Waals surface area contributed by atoms with Gasteiger partial charge in [0.15, 0.2) is 11.5 Å². The minimum absolute atomic E-state index is 0.0580. The second-order valence-corrected chi connectivity index (χ2v) is 3.92. The van der Waals surface area contributed by atoms with Crippen molar-refractivity contribution < 1.29 is 29.6 Å². The molecule has 0 bridgehead atoms. The maximum absolute atomic E-state index is 11.8. The van der Waals surface area contributed by atoms with Crippen molar-refractivity contribution in [3.05, 3.63) is 53.6 Å². The molecule has 0 saturated carbocycles. The van der Waals surface area contributed by atoms with E-state index in [0.717, 1.165) is 6.07 Å². The summed E-state index contributed by atoms with van der Waals surface area (Å²) >= 11 is 0. The largest absolute Gasteiger partial charge is 0.504 e. The molecule has 20 heavy (non-hydrogen) atoms. The molecule has 0 unspecified atom stereocenters. The quantitative estimate of drug-likeness (QED) is 0.449. The van der Waals surface area contributed by atoms with Gasteiger partial charge in [0, 0.05) is 0 Å². The van der Waals surface area contributed by atoms with E-state index in [1.54, 1.807) is 0 Å². The van der Waals surface area contributed by atoms with Crippen LogP contribution >= 0.6 is 0 Å². The van der Waals surface area contributed by atoms with Crippen molar-refractivity contribution in [2.45, 2.75) is 0 Å². The molecule has 0 heterocycles. The summed E-state index contributed by atoms with van der Waals surface area (Å²) in [5, 5.41) is 27.2. The molecular weight excluding hydrogens is 264 g/mol. The van der Waals surface area contributed by atoms with Crippen molar-refractivity contribution in [1.29, 1.82) is 0 Å². The summed E-state index contributed by atoms with van der Waals surface area (Å²) in [7, 11) is 0. The maximum Gasteiger partial charge on any atom is 0.343 e. The molecule has 0 amide bonds. The lowest BCUT2D eigenvalue weighted by molar-refractivity contribution is 0.0696. The van der Waals surface area contributed by atoms with E-state index < -0.39 is 17.7 Å². The van der Waals surface area contributed by atoms with Crippen molar-refractivity contribution in [3.8, 4) is 17.2 Å². The molecular formula is C14H10O6. The van der Waals surface area contributed by atoms with Crippen LogP contribution in [0.5, 0.6) is 17.2 Å². The van der Waals surface area contributed by atoms with Crippen LogP contribution in [0.15, 0.2) is 42.5 Å². The monoisotopic (exact) mass is 274 g/mol. The number of phenols is 2. The number of esters is 1. The van der Waals surface area contributed by atoms with Gasteiger partial charge in [0.05, 0.1) is 11.1 Å². The highest BCUT2D eigenvalue weighted by atomic mass is 16.5. The van der Waals surface area contributed by atoms with Gasteiger partial charge in [0.25, 0.3) is 0 Å². The van der Waals surface area contributed by atoms with Crippen LogP contribution in [0.1, 0.15) is 20.7 Å². The molecule has 2 aromatic rings. The normalized spacial score (nSPS) is 10.0. The summed E-state index contributed by atoms with van der Waals surface area (Å²) in [4.78, 5) is 22.4. The zero-order chi connectivity index (χ0) is 14.7. The van der Waals surface area contributed by atoms with Gasteiger partial charge in [0.1, 0.15) is 5.75 Å². The molecule has 2 aromatic carbocycles. The van der Waals surface area contributed by atoms with Crippen molar-refractivity contribution in [2.24, 2.45) is 0 Å². The molecule has 6 nitrogen and oxygen atoms in total. The van der Waals surface area contributed by atoms with Gasteiger partial charge in [-0.05, 0) is 42.5 Å². The topological polar surface area (TPSA) is 104 Å². The van der Waals surface area contributed by atoms with Crippen molar-refractivity contribution in [3.63, 3.8) is 0 Å². The lowest BCUT2D eigenvalue weighted by Gasteiger charge is -2.05. The number of hydrogen-bond donors (Lipinski definition) is 3. The molecule has 2 rings (SSSR count). The van der Waals surface area contributed by atoms with E-state index in [1.165, 1.54) is 36.4 Å². The number of ether oxygens (including phenoxy) is 1. The van der Waals surface area contributed by atoms with Gasteiger partial charge in [-0.3, -0.25) is 0 Å². The third-order valence-corrected chi connectivity index (χ3v) is 2.52. The summed E-state index contributed by atoms with van der Waals surface area (Å²) in [6.45, 7) is 0. The van der Waals surface area contributed by atoms with E-state index in [9.17, 15) is 14.7 Å². The number of phenolic OH excluding ortho intramolecular Hbond substituents is 2. The van der Waals surface area contributed by atoms with Crippen molar-refractivity contribution in [1.82, 2.24) is 0 Å². The minimum atomic E-state index is -1.08. The van der Waals surface area contributed by atoms with Crippen molar-refractivity contribution >= 4 is 11.9 Å². The molecule has 0 fully saturated rings. The minimum Gasteiger partial charge on any atom is -0.504 e. The standard InChI is InChI=1S/C14H10O6/c15-11-6-3-9(7-12(11)16)14(19)20-10-4-1-8(2-5-10)13(17)18/h1-7,15-16H,(H,17,18). The highest BCUT2D eigenvalue weighted by molar-refractivity contribution is 5.92. The SMILES string of the molecule is O=C(O)c1ccc(OC(=O)c2ccc(O)c(O)c2)cc1. The molecule has 0 atom stereocenters. The predicted octanol–water partition coefficient (Wildman–Crippen LogP) is 2.02. The van der Waals surface area contributed by atoms with Crippen LogP contribution in [-0.4, -0.2) is 27.3 Å². The highest BCUT2D eigenvalue weighted by Gasteiger charge is 2.11. The lowest BCUT2D eigenvalue weighted by atomic mass is 10.2. The highest BCUT2D eigenvalue weighted by Crippen LogP contribution is 2.25. The molecule has 0 radical (unpaired) electrons. The molecule has 3 N–H and O–H groups in total. The van der Waals surface area contributed by atoms with Gasteiger partial charge < -0.3 is 20.1 Å². The molecule has 0 saturated heterocycles. The Morgan fingerprint density at radius 2 is 1.45 bits per heavy atom. The zero-order valence-electron chi connectivity index (χ0n) is 10.1. The van der Waals surface area contributed by atoms with Crippen LogP contribution < -0.4 is 4.74 Å². The average molecular weight is 274 g/mol. The number of aromatic hydroxyl groups is 2. The van der Waals surface area contributed by atoms with Gasteiger partial charge in [-0.15, -0.1) is 0 Å². The van der Waals surface area contributed by atoms with Gasteiger partial charge in [-0.25, -0.2) is 9.59 Å². The van der Waals surface area contributed by atoms with Crippen LogP contribution in [0.4, 0.5) is 0 Å². The summed E-state index contributed by atoms with van der Waals surface area (Å²) in [5.41, 5.74) is 0.134. The van der Waals surface area contributed by atoms with Crippen molar-refractivity contribution in [2.75, 3.05) is 0 Å². The molecule has 0 aliphatic heterocycles. The number of hydrogen-bond acceptors (Lipinski definition) is 5. The summed E-state index contributed by atoms with van der Waals surface area (Å²) in [6.07, 6.45) is 0. The first-order valence-electron chi connectivity index (χ1n) is 5.55. The molecule has 0 spiro atoms. The Kier molecular flexibility index (Phi) is 3.56. The van der Waals surface area contributed by atoms with E-state index in [4.69, 9.17) is 14.9 Å². The summed E-state index contributed by atoms with van der Waals surface area (Å²) in [6, 6.07) is 8.84. The first-order chi connectivity index (χ1) is 9.47. The first kappa shape index (κ1) is 13.4. The fraction of sp³-hybridized carbons (Fsp3) is 0. The number of carboxylic acid groups (broad SMARTS) is 1. The molecule has 0 aliphatic rings. The Morgan fingerprint density at radius 3 is 2.00 bits per heavy atom. The van der Waals surface area contributed by atoms with Crippen LogP contribution in [0.2, 0.25) is 0 Å². The fourth-order valence-electron chi connectivity index (χ4n) is 1.48. The van der Waals surface area contributed by atoms with E-state index in [2.05, 4.69) is 0 Å². The molecule has 0 aromatic heterocycles. The Morgan fingerprint density at radius 1 is 0.850 bits per heavy atom. The van der Waals surface area contributed by atoms with E-state index in [0.29, 0.717) is 0 Å². The Balaban J connectivity index is 2.14. The third-order valence-electron chi connectivity index (χ3n) is 2.52. The molecule has 0 aliphatic carbocycles. The Labute approximate surface area is 113 Å². The van der Waals surface area contributed by atoms with Crippen LogP contribution in [0.3, 0.4) is 0 Å². The second-order valence-electron chi connectivity index (χ2n) is 3.92. The number of benzene rings is 2.